The fraction of sp³-hybridized carbons (Fsp3) is 0.368. The van der Waals surface area contributed by atoms with Crippen molar-refractivity contribution in [1.82, 2.24) is 9.21 Å². The van der Waals surface area contributed by atoms with Crippen LogP contribution in [0.3, 0.4) is 0 Å². The topological polar surface area (TPSA) is 49.9 Å². The van der Waals surface area contributed by atoms with Gasteiger partial charge in [0.15, 0.2) is 0 Å². The van der Waals surface area contributed by atoms with Gasteiger partial charge in [-0.3, -0.25) is 4.90 Å². The first kappa shape index (κ1) is 20.1. The zero-order chi connectivity index (χ0) is 19.3. The monoisotopic (exact) mass is 410 g/mol. The smallest absolute Gasteiger partial charge is 0.243 e. The van der Waals surface area contributed by atoms with Crippen molar-refractivity contribution in [3.63, 3.8) is 0 Å². The summed E-state index contributed by atoms with van der Waals surface area (Å²) in [5.74, 6) is 1.20. The van der Waals surface area contributed by atoms with E-state index in [1.54, 1.807) is 43.5 Å². The average Bonchev–Trinajstić information content (AvgIpc) is 2.70. The molecule has 0 atom stereocenters. The van der Waals surface area contributed by atoms with Crippen molar-refractivity contribution in [3.05, 3.63) is 54.3 Å². The van der Waals surface area contributed by atoms with E-state index < -0.39 is 10.0 Å². The Morgan fingerprint density at radius 3 is 2.33 bits per heavy atom. The molecule has 0 aliphatic carbocycles. The number of methoxy groups -OCH3 is 1. The second-order valence-electron chi connectivity index (χ2n) is 6.20. The Morgan fingerprint density at radius 2 is 1.70 bits per heavy atom. The molecule has 1 heterocycles. The van der Waals surface area contributed by atoms with E-state index in [4.69, 9.17) is 4.74 Å². The van der Waals surface area contributed by atoms with Gasteiger partial charge in [-0.25, -0.2) is 12.8 Å². The van der Waals surface area contributed by atoms with Crippen molar-refractivity contribution in [1.29, 1.82) is 0 Å². The molecule has 27 heavy (non-hydrogen) atoms. The maximum atomic E-state index is 13.6. The second-order valence-corrected chi connectivity index (χ2v) is 9.27. The van der Waals surface area contributed by atoms with E-state index >= 15 is 0 Å². The number of benzene rings is 2. The number of ether oxygens (including phenoxy) is 1. The van der Waals surface area contributed by atoms with Crippen LogP contribution in [-0.2, 0) is 10.0 Å². The van der Waals surface area contributed by atoms with Crippen molar-refractivity contribution in [2.24, 2.45) is 0 Å². The van der Waals surface area contributed by atoms with Crippen LogP contribution in [0.4, 0.5) is 4.39 Å². The molecule has 8 heteroatoms. The highest BCUT2D eigenvalue weighted by atomic mass is 32.2. The van der Waals surface area contributed by atoms with E-state index in [0.717, 1.165) is 12.3 Å². The van der Waals surface area contributed by atoms with E-state index in [9.17, 15) is 12.8 Å². The first-order valence-electron chi connectivity index (χ1n) is 8.74. The first-order chi connectivity index (χ1) is 13.0. The van der Waals surface area contributed by atoms with Crippen LogP contribution in [0.2, 0.25) is 0 Å². The molecule has 0 aromatic heterocycles. The van der Waals surface area contributed by atoms with Crippen molar-refractivity contribution < 1.29 is 17.5 Å². The quantitative estimate of drug-likeness (QED) is 0.657. The molecule has 1 aliphatic heterocycles. The first-order valence-corrected chi connectivity index (χ1v) is 11.2. The van der Waals surface area contributed by atoms with E-state index in [2.05, 4.69) is 4.90 Å². The van der Waals surface area contributed by atoms with Crippen molar-refractivity contribution >= 4 is 21.8 Å². The lowest BCUT2D eigenvalue weighted by molar-refractivity contribution is 0.197. The summed E-state index contributed by atoms with van der Waals surface area (Å²) in [7, 11) is -1.93. The second kappa shape index (κ2) is 9.05. The van der Waals surface area contributed by atoms with Gasteiger partial charge in [0.1, 0.15) is 11.6 Å². The van der Waals surface area contributed by atoms with E-state index in [1.165, 1.54) is 22.1 Å². The predicted octanol–water partition coefficient (Wildman–Crippen LogP) is 2.93. The van der Waals surface area contributed by atoms with Gasteiger partial charge in [-0.1, -0.05) is 12.1 Å². The summed E-state index contributed by atoms with van der Waals surface area (Å²) in [6, 6.07) is 13.2. The summed E-state index contributed by atoms with van der Waals surface area (Å²) in [5, 5.41) is 0. The third kappa shape index (κ3) is 5.01. The molecular weight excluding hydrogens is 387 g/mol. The van der Waals surface area contributed by atoms with Crippen LogP contribution >= 0.6 is 11.8 Å². The molecule has 1 fully saturated rings. The van der Waals surface area contributed by atoms with Crippen LogP contribution in [-0.4, -0.2) is 63.2 Å². The fourth-order valence-electron chi connectivity index (χ4n) is 2.94. The number of hydrogen-bond donors (Lipinski definition) is 0. The molecule has 0 spiro atoms. The van der Waals surface area contributed by atoms with Gasteiger partial charge in [0.2, 0.25) is 10.0 Å². The van der Waals surface area contributed by atoms with Crippen LogP contribution in [0.25, 0.3) is 0 Å². The summed E-state index contributed by atoms with van der Waals surface area (Å²) in [4.78, 5) is 3.15. The molecule has 1 saturated heterocycles. The predicted molar refractivity (Wildman–Crippen MR) is 105 cm³/mol. The van der Waals surface area contributed by atoms with E-state index in [0.29, 0.717) is 36.8 Å². The Balaban J connectivity index is 1.50. The maximum Gasteiger partial charge on any atom is 0.243 e. The van der Waals surface area contributed by atoms with Crippen molar-refractivity contribution in [2.75, 3.05) is 45.6 Å². The van der Waals surface area contributed by atoms with Crippen LogP contribution in [0.1, 0.15) is 0 Å². The third-order valence-corrected chi connectivity index (χ3v) is 7.47. The lowest BCUT2D eigenvalue weighted by Crippen LogP contribution is -2.49. The van der Waals surface area contributed by atoms with E-state index in [-0.39, 0.29) is 10.7 Å². The number of rotatable bonds is 7. The Morgan fingerprint density at radius 1 is 1.04 bits per heavy atom. The molecule has 1 aliphatic rings. The normalized spacial score (nSPS) is 16.4. The minimum Gasteiger partial charge on any atom is -0.497 e. The zero-order valence-corrected chi connectivity index (χ0v) is 16.8. The Kier molecular flexibility index (Phi) is 6.75. The molecule has 0 amide bonds. The molecular formula is C19H23FN2O3S2. The fourth-order valence-corrected chi connectivity index (χ4v) is 5.31. The van der Waals surface area contributed by atoms with Gasteiger partial charge in [-0.05, 0) is 36.4 Å². The highest BCUT2D eigenvalue weighted by Crippen LogP contribution is 2.23. The highest BCUT2D eigenvalue weighted by molar-refractivity contribution is 7.99. The number of halogens is 1. The van der Waals surface area contributed by atoms with Crippen molar-refractivity contribution in [2.45, 2.75) is 9.79 Å². The standard InChI is InChI=1S/C19H23FN2O3S2/c1-25-16-6-8-17(9-7-16)27(23,24)22-12-10-21(11-13-22)14-15-26-19-5-3-2-4-18(19)20/h2-9H,10-15H2,1H3. The molecule has 3 rings (SSSR count). The SMILES string of the molecule is COc1ccc(S(=O)(=O)N2CCN(CCSc3ccccc3F)CC2)cc1. The molecule has 2 aromatic carbocycles. The minimum atomic E-state index is -3.48. The van der Waals surface area contributed by atoms with Gasteiger partial charge in [0.25, 0.3) is 0 Å². The highest BCUT2D eigenvalue weighted by Gasteiger charge is 2.28. The molecule has 0 bridgehead atoms. The van der Waals surface area contributed by atoms with Gasteiger partial charge < -0.3 is 4.74 Å². The molecule has 0 N–H and O–H groups in total. The Bertz CT molecular complexity index is 852. The van der Waals surface area contributed by atoms with Crippen LogP contribution in [0.5, 0.6) is 5.75 Å². The summed E-state index contributed by atoms with van der Waals surface area (Å²) in [6.07, 6.45) is 0. The van der Waals surface area contributed by atoms with Gasteiger partial charge in [0, 0.05) is 43.4 Å². The van der Waals surface area contributed by atoms with Gasteiger partial charge in [-0.2, -0.15) is 4.31 Å². The summed E-state index contributed by atoms with van der Waals surface area (Å²) in [5.41, 5.74) is 0. The van der Waals surface area contributed by atoms with E-state index in [1.807, 2.05) is 6.07 Å². The maximum absolute atomic E-state index is 13.6. The summed E-state index contributed by atoms with van der Waals surface area (Å²) >= 11 is 1.49. The van der Waals surface area contributed by atoms with Gasteiger partial charge in [0.05, 0.1) is 12.0 Å². The number of sulfonamides is 1. The number of nitrogens with zero attached hydrogens (tertiary/aromatic N) is 2. The third-order valence-electron chi connectivity index (χ3n) is 4.53. The largest absolute Gasteiger partial charge is 0.497 e. The summed E-state index contributed by atoms with van der Waals surface area (Å²) in [6.45, 7) is 3.06. The average molecular weight is 411 g/mol. The Labute approximate surface area is 164 Å². The van der Waals surface area contributed by atoms with Crippen LogP contribution in [0.15, 0.2) is 58.3 Å². The zero-order valence-electron chi connectivity index (χ0n) is 15.2. The number of thioether (sulfide) groups is 1. The van der Waals surface area contributed by atoms with Crippen LogP contribution in [0, 0.1) is 5.82 Å². The van der Waals surface area contributed by atoms with Crippen LogP contribution < -0.4 is 4.74 Å². The lowest BCUT2D eigenvalue weighted by atomic mass is 10.3. The molecule has 0 radical (unpaired) electrons. The molecule has 146 valence electrons. The molecule has 5 nitrogen and oxygen atoms in total. The molecule has 0 unspecified atom stereocenters. The minimum absolute atomic E-state index is 0.196. The number of hydrogen-bond acceptors (Lipinski definition) is 5. The van der Waals surface area contributed by atoms with Crippen molar-refractivity contribution in [3.8, 4) is 5.75 Å². The Hall–Kier alpha value is -1.61. The number of piperazine rings is 1. The van der Waals surface area contributed by atoms with Gasteiger partial charge in [-0.15, -0.1) is 11.8 Å². The lowest BCUT2D eigenvalue weighted by Gasteiger charge is -2.33. The summed E-state index contributed by atoms with van der Waals surface area (Å²) < 4.78 is 45.7. The van der Waals surface area contributed by atoms with Gasteiger partial charge >= 0.3 is 0 Å². The molecule has 2 aromatic rings. The molecule has 0 saturated carbocycles.